The van der Waals surface area contributed by atoms with Gasteiger partial charge in [-0.2, -0.15) is 0 Å². The van der Waals surface area contributed by atoms with Crippen LogP contribution in [0.4, 0.5) is 0 Å². The zero-order valence-corrected chi connectivity index (χ0v) is 17.9. The van der Waals surface area contributed by atoms with Gasteiger partial charge >= 0.3 is 11.9 Å². The van der Waals surface area contributed by atoms with E-state index < -0.39 is 11.1 Å². The smallest absolute Gasteiger partial charge is 0.342 e. The molecule has 1 heterocycles. The molecule has 0 unspecified atom stereocenters. The number of methoxy groups -OCH3 is 1. The minimum absolute atomic E-state index is 0.0252. The number of rotatable bonds is 12. The monoisotopic (exact) mass is 437 g/mol. The highest BCUT2D eigenvalue weighted by Crippen LogP contribution is 2.42. The molecule has 0 aliphatic carbocycles. The van der Waals surface area contributed by atoms with Crippen molar-refractivity contribution in [1.82, 2.24) is 0 Å². The van der Waals surface area contributed by atoms with Crippen molar-refractivity contribution in [2.24, 2.45) is 0 Å². The maximum atomic E-state index is 12.0. The first-order chi connectivity index (χ1) is 14.8. The van der Waals surface area contributed by atoms with Gasteiger partial charge < -0.3 is 24.2 Å². The van der Waals surface area contributed by atoms with Gasteiger partial charge in [0.25, 0.3) is 5.09 Å². The van der Waals surface area contributed by atoms with Crippen LogP contribution in [0.5, 0.6) is 11.5 Å². The highest BCUT2D eigenvalue weighted by Gasteiger charge is 2.31. The Balaban J connectivity index is 1.88. The van der Waals surface area contributed by atoms with E-state index in [0.717, 1.165) is 11.1 Å². The van der Waals surface area contributed by atoms with E-state index in [4.69, 9.17) is 14.2 Å². The van der Waals surface area contributed by atoms with Gasteiger partial charge in [-0.1, -0.05) is 11.6 Å². The minimum atomic E-state index is -0.855. The lowest BCUT2D eigenvalue weighted by atomic mass is 9.94. The van der Waals surface area contributed by atoms with Gasteiger partial charge in [0.05, 0.1) is 20.3 Å². The van der Waals surface area contributed by atoms with Crippen molar-refractivity contribution in [2.45, 2.75) is 52.6 Å². The second-order valence-corrected chi connectivity index (χ2v) is 7.15. The number of allylic oxidation sites excluding steroid dienone is 2. The number of hydrogen-bond acceptors (Lipinski definition) is 9. The zero-order chi connectivity index (χ0) is 23.0. The molecule has 1 aliphatic heterocycles. The molecule has 31 heavy (non-hydrogen) atoms. The Bertz CT molecular complexity index is 876. The number of esters is 2. The molecule has 1 aromatic rings. The molecular formula is C21H27NO9. The summed E-state index contributed by atoms with van der Waals surface area (Å²) in [6.07, 6.45) is 3.75. The third kappa shape index (κ3) is 6.34. The van der Waals surface area contributed by atoms with Crippen molar-refractivity contribution >= 4 is 11.9 Å². The standard InChI is InChI=1S/C21H27NO9/c1-13(7-9-17(23)29-10-4-5-11-31-22(26)27)6-8-15-19(24)18-16(12-30-21(18)25)14(2)20(15)28-3/h6,24H,4-5,7-12H2,1-3H3/b13-6+. The Morgan fingerprint density at radius 3 is 2.68 bits per heavy atom. The highest BCUT2D eigenvalue weighted by molar-refractivity contribution is 5.98. The van der Waals surface area contributed by atoms with E-state index in [9.17, 15) is 24.8 Å². The van der Waals surface area contributed by atoms with Gasteiger partial charge in [-0.15, -0.1) is 10.1 Å². The molecule has 0 spiro atoms. The normalized spacial score (nSPS) is 12.9. The van der Waals surface area contributed by atoms with Gasteiger partial charge in [0.1, 0.15) is 23.7 Å². The molecule has 0 aromatic heterocycles. The van der Waals surface area contributed by atoms with Crippen molar-refractivity contribution in [3.8, 4) is 11.5 Å². The summed E-state index contributed by atoms with van der Waals surface area (Å²) in [6.45, 7) is 3.95. The molecule has 1 aliphatic rings. The lowest BCUT2D eigenvalue weighted by Crippen LogP contribution is -2.08. The summed E-state index contributed by atoms with van der Waals surface area (Å²) in [6, 6.07) is 0. The molecule has 10 heteroatoms. The largest absolute Gasteiger partial charge is 0.507 e. The first kappa shape index (κ1) is 24.0. The van der Waals surface area contributed by atoms with Gasteiger partial charge in [-0.3, -0.25) is 4.79 Å². The number of ether oxygens (including phenoxy) is 3. The Morgan fingerprint density at radius 2 is 2.00 bits per heavy atom. The highest BCUT2D eigenvalue weighted by atomic mass is 16.9. The van der Waals surface area contributed by atoms with Crippen LogP contribution in [0.3, 0.4) is 0 Å². The third-order valence-electron chi connectivity index (χ3n) is 5.02. The number of fused-ring (bicyclic) bond motifs is 1. The van der Waals surface area contributed by atoms with Crippen LogP contribution in [-0.2, 0) is 32.1 Å². The fourth-order valence-electron chi connectivity index (χ4n) is 3.31. The number of unbranched alkanes of at least 4 members (excludes halogenated alkanes) is 1. The number of carbonyl (C=O) groups excluding carboxylic acids is 2. The van der Waals surface area contributed by atoms with Crippen molar-refractivity contribution in [3.05, 3.63) is 44.0 Å². The van der Waals surface area contributed by atoms with Crippen LogP contribution in [0, 0.1) is 17.0 Å². The molecule has 0 fully saturated rings. The number of phenols is 1. The molecular weight excluding hydrogens is 410 g/mol. The molecule has 2 rings (SSSR count). The van der Waals surface area contributed by atoms with E-state index in [0.29, 0.717) is 42.6 Å². The van der Waals surface area contributed by atoms with Crippen LogP contribution in [0.15, 0.2) is 11.6 Å². The Morgan fingerprint density at radius 1 is 1.29 bits per heavy atom. The second-order valence-electron chi connectivity index (χ2n) is 7.15. The predicted octanol–water partition coefficient (Wildman–Crippen LogP) is 3.18. The van der Waals surface area contributed by atoms with Gasteiger partial charge in [0.15, 0.2) is 0 Å². The van der Waals surface area contributed by atoms with Crippen LogP contribution in [0.25, 0.3) is 0 Å². The van der Waals surface area contributed by atoms with Crippen molar-refractivity contribution in [3.63, 3.8) is 0 Å². The summed E-state index contributed by atoms with van der Waals surface area (Å²) in [5, 5.41) is 19.8. The van der Waals surface area contributed by atoms with Crippen LogP contribution < -0.4 is 4.74 Å². The van der Waals surface area contributed by atoms with Crippen molar-refractivity contribution in [1.29, 1.82) is 0 Å². The summed E-state index contributed by atoms with van der Waals surface area (Å²) in [7, 11) is 1.51. The Hall–Kier alpha value is -3.30. The van der Waals surface area contributed by atoms with Gasteiger partial charge in [0.2, 0.25) is 0 Å². The van der Waals surface area contributed by atoms with E-state index in [2.05, 4.69) is 4.84 Å². The zero-order valence-electron chi connectivity index (χ0n) is 17.9. The second kappa shape index (κ2) is 11.2. The van der Waals surface area contributed by atoms with Gasteiger partial charge in [-0.05, 0) is 45.1 Å². The van der Waals surface area contributed by atoms with E-state index in [1.165, 1.54) is 7.11 Å². The van der Waals surface area contributed by atoms with E-state index in [-0.39, 0.29) is 43.5 Å². The number of hydrogen-bond donors (Lipinski definition) is 1. The summed E-state index contributed by atoms with van der Waals surface area (Å²) in [5.41, 5.74) is 2.99. The minimum Gasteiger partial charge on any atom is -0.507 e. The summed E-state index contributed by atoms with van der Waals surface area (Å²) >= 11 is 0. The number of aromatic hydroxyl groups is 1. The molecule has 1 N–H and O–H groups in total. The SMILES string of the molecule is COc1c(C)c2c(c(O)c1C/C=C(\C)CCC(=O)OCCCCO[N+](=O)[O-])C(=O)OC2. The van der Waals surface area contributed by atoms with E-state index in [1.807, 2.05) is 19.9 Å². The third-order valence-corrected chi connectivity index (χ3v) is 5.02. The average Bonchev–Trinajstić information content (AvgIpc) is 3.12. The molecule has 0 atom stereocenters. The number of carbonyl (C=O) groups is 2. The quantitative estimate of drug-likeness (QED) is 0.172. The summed E-state index contributed by atoms with van der Waals surface area (Å²) in [4.78, 5) is 38.0. The fourth-order valence-corrected chi connectivity index (χ4v) is 3.31. The number of nitrogens with zero attached hydrogens (tertiary/aromatic N) is 1. The number of cyclic esters (lactones) is 1. The summed E-state index contributed by atoms with van der Waals surface area (Å²) in [5.74, 6) is -0.532. The Labute approximate surface area is 179 Å². The Kier molecular flexibility index (Phi) is 8.65. The lowest BCUT2D eigenvalue weighted by Gasteiger charge is -2.15. The average molecular weight is 437 g/mol. The lowest BCUT2D eigenvalue weighted by molar-refractivity contribution is -0.757. The van der Waals surface area contributed by atoms with Crippen LogP contribution in [0.2, 0.25) is 0 Å². The van der Waals surface area contributed by atoms with E-state index in [1.54, 1.807) is 0 Å². The van der Waals surface area contributed by atoms with Crippen LogP contribution >= 0.6 is 0 Å². The van der Waals surface area contributed by atoms with Crippen LogP contribution in [-0.4, -0.2) is 42.5 Å². The predicted molar refractivity (Wildman–Crippen MR) is 108 cm³/mol. The van der Waals surface area contributed by atoms with Gasteiger partial charge in [-0.25, -0.2) is 4.79 Å². The molecule has 0 saturated heterocycles. The summed E-state index contributed by atoms with van der Waals surface area (Å²) < 4.78 is 15.6. The molecule has 10 nitrogen and oxygen atoms in total. The molecule has 0 amide bonds. The molecule has 170 valence electrons. The van der Waals surface area contributed by atoms with Crippen LogP contribution in [0.1, 0.15) is 59.7 Å². The van der Waals surface area contributed by atoms with E-state index >= 15 is 0 Å². The maximum absolute atomic E-state index is 12.0. The van der Waals surface area contributed by atoms with Crippen molar-refractivity contribution in [2.75, 3.05) is 20.3 Å². The first-order valence-electron chi connectivity index (χ1n) is 9.93. The first-order valence-corrected chi connectivity index (χ1v) is 9.93. The molecule has 1 aromatic carbocycles. The number of benzene rings is 1. The van der Waals surface area contributed by atoms with Gasteiger partial charge in [0, 0.05) is 17.5 Å². The maximum Gasteiger partial charge on any atom is 0.342 e. The fraction of sp³-hybridized carbons (Fsp3) is 0.524. The number of phenolic OH excluding ortho intramolecular Hbond substituents is 1. The topological polar surface area (TPSA) is 134 Å². The molecule has 0 radical (unpaired) electrons. The molecule has 0 saturated carbocycles. The van der Waals surface area contributed by atoms with Crippen molar-refractivity contribution < 1.29 is 38.8 Å². The molecule has 0 bridgehead atoms.